The lowest BCUT2D eigenvalue weighted by Gasteiger charge is -2.38. The summed E-state index contributed by atoms with van der Waals surface area (Å²) in [5.41, 5.74) is -1.37. The molecule has 0 radical (unpaired) electrons. The van der Waals surface area contributed by atoms with Gasteiger partial charge in [0, 0.05) is 25.9 Å². The first-order valence-corrected chi connectivity index (χ1v) is 8.11. The van der Waals surface area contributed by atoms with Crippen molar-refractivity contribution in [1.29, 1.82) is 0 Å². The van der Waals surface area contributed by atoms with E-state index in [0.717, 1.165) is 5.56 Å². The van der Waals surface area contributed by atoms with Gasteiger partial charge in [-0.3, -0.25) is 4.79 Å². The van der Waals surface area contributed by atoms with Crippen LogP contribution >= 0.6 is 0 Å². The molecule has 1 fully saturated rings. The molecular weight excluding hydrogens is 310 g/mol. The summed E-state index contributed by atoms with van der Waals surface area (Å²) in [6.07, 6.45) is 0.101. The summed E-state index contributed by atoms with van der Waals surface area (Å²) in [6, 6.07) is 9.74. The van der Waals surface area contributed by atoms with Crippen LogP contribution in [0.1, 0.15) is 32.3 Å². The van der Waals surface area contributed by atoms with Gasteiger partial charge in [-0.05, 0) is 19.4 Å². The molecule has 1 saturated heterocycles. The zero-order valence-corrected chi connectivity index (χ0v) is 14.2. The lowest BCUT2D eigenvalue weighted by molar-refractivity contribution is -0.167. The number of ether oxygens (including phenoxy) is 1. The van der Waals surface area contributed by atoms with Crippen LogP contribution in [0.2, 0.25) is 0 Å². The molecule has 1 heterocycles. The normalized spacial score (nSPS) is 17.5. The maximum atomic E-state index is 12.7. The summed E-state index contributed by atoms with van der Waals surface area (Å²) in [4.78, 5) is 25.3. The number of hydrogen-bond donors (Lipinski definition) is 2. The van der Waals surface area contributed by atoms with Crippen molar-refractivity contribution in [2.75, 3.05) is 19.7 Å². The van der Waals surface area contributed by atoms with Crippen molar-refractivity contribution in [1.82, 2.24) is 4.90 Å². The minimum Gasteiger partial charge on any atom is -0.479 e. The van der Waals surface area contributed by atoms with E-state index >= 15 is 0 Å². The third-order valence-corrected chi connectivity index (χ3v) is 4.43. The number of piperidine rings is 1. The first kappa shape index (κ1) is 18.4. The molecular formula is C18H25NO5. The first-order chi connectivity index (χ1) is 11.2. The van der Waals surface area contributed by atoms with Crippen LogP contribution < -0.4 is 0 Å². The highest BCUT2D eigenvalue weighted by atomic mass is 16.5. The fraction of sp³-hybridized carbons (Fsp3) is 0.556. The van der Waals surface area contributed by atoms with E-state index < -0.39 is 17.0 Å². The average molecular weight is 335 g/mol. The monoisotopic (exact) mass is 335 g/mol. The van der Waals surface area contributed by atoms with Gasteiger partial charge in [0.15, 0.2) is 5.60 Å². The smallest absolute Gasteiger partial charge is 0.335 e. The van der Waals surface area contributed by atoms with Crippen molar-refractivity contribution >= 4 is 11.9 Å². The number of aliphatic carboxylic acids is 1. The van der Waals surface area contributed by atoms with E-state index in [2.05, 4.69) is 0 Å². The predicted octanol–water partition coefficient (Wildman–Crippen LogP) is 1.67. The highest BCUT2D eigenvalue weighted by Gasteiger charge is 2.42. The standard InChI is InChI=1S/C18H25NO5/c1-17(2,13-24-12-14-6-4-3-5-7-14)15(20)19-10-8-18(23,9-11-19)16(21)22/h3-7,23H,8-13H2,1-2H3,(H,21,22). The van der Waals surface area contributed by atoms with Crippen LogP contribution in [0, 0.1) is 5.41 Å². The zero-order valence-electron chi connectivity index (χ0n) is 14.2. The average Bonchev–Trinajstić information content (AvgIpc) is 2.55. The largest absolute Gasteiger partial charge is 0.479 e. The van der Waals surface area contributed by atoms with Gasteiger partial charge in [0.05, 0.1) is 18.6 Å². The van der Waals surface area contributed by atoms with Gasteiger partial charge in [-0.1, -0.05) is 30.3 Å². The summed E-state index contributed by atoms with van der Waals surface area (Å²) >= 11 is 0. The third-order valence-electron chi connectivity index (χ3n) is 4.43. The molecule has 0 aliphatic carbocycles. The highest BCUT2D eigenvalue weighted by molar-refractivity contribution is 5.83. The van der Waals surface area contributed by atoms with E-state index in [1.807, 2.05) is 44.2 Å². The topological polar surface area (TPSA) is 87.1 Å². The number of rotatable bonds is 6. The van der Waals surface area contributed by atoms with Crippen LogP contribution in [0.3, 0.4) is 0 Å². The van der Waals surface area contributed by atoms with E-state index in [1.165, 1.54) is 0 Å². The van der Waals surface area contributed by atoms with Crippen molar-refractivity contribution in [3.63, 3.8) is 0 Å². The van der Waals surface area contributed by atoms with Crippen LogP contribution in [-0.2, 0) is 20.9 Å². The molecule has 0 unspecified atom stereocenters. The second kappa shape index (κ2) is 7.32. The van der Waals surface area contributed by atoms with Gasteiger partial charge in [-0.2, -0.15) is 0 Å². The van der Waals surface area contributed by atoms with Gasteiger partial charge in [0.25, 0.3) is 0 Å². The molecule has 24 heavy (non-hydrogen) atoms. The molecule has 1 aromatic carbocycles. The molecule has 1 aliphatic heterocycles. The van der Waals surface area contributed by atoms with Crippen LogP contribution in [0.15, 0.2) is 30.3 Å². The molecule has 1 aromatic rings. The summed E-state index contributed by atoms with van der Waals surface area (Å²) < 4.78 is 5.68. The number of carboxylic acids is 1. The fourth-order valence-electron chi connectivity index (χ4n) is 2.78. The predicted molar refractivity (Wildman–Crippen MR) is 88.3 cm³/mol. The Morgan fingerprint density at radius 1 is 1.21 bits per heavy atom. The van der Waals surface area contributed by atoms with Gasteiger partial charge in [-0.15, -0.1) is 0 Å². The number of likely N-dealkylation sites (tertiary alicyclic amines) is 1. The molecule has 0 spiro atoms. The fourth-order valence-corrected chi connectivity index (χ4v) is 2.78. The van der Waals surface area contributed by atoms with E-state index in [4.69, 9.17) is 9.84 Å². The summed E-state index contributed by atoms with van der Waals surface area (Å²) in [6.45, 7) is 4.83. The van der Waals surface area contributed by atoms with Crippen molar-refractivity contribution in [2.45, 2.75) is 38.9 Å². The first-order valence-electron chi connectivity index (χ1n) is 8.11. The molecule has 2 rings (SSSR count). The lowest BCUT2D eigenvalue weighted by atomic mass is 9.88. The minimum absolute atomic E-state index is 0.0506. The number of benzene rings is 1. The maximum Gasteiger partial charge on any atom is 0.335 e. The molecule has 1 aliphatic rings. The molecule has 6 heteroatoms. The Balaban J connectivity index is 1.85. The van der Waals surface area contributed by atoms with Crippen molar-refractivity contribution in [3.05, 3.63) is 35.9 Å². The molecule has 0 bridgehead atoms. The van der Waals surface area contributed by atoms with Crippen molar-refractivity contribution in [3.8, 4) is 0 Å². The van der Waals surface area contributed by atoms with Crippen LogP contribution in [0.25, 0.3) is 0 Å². The number of carboxylic acid groups (broad SMARTS) is 1. The molecule has 1 amide bonds. The molecule has 6 nitrogen and oxygen atoms in total. The molecule has 0 saturated carbocycles. The second-order valence-electron chi connectivity index (χ2n) is 6.99. The molecule has 0 atom stereocenters. The Bertz CT molecular complexity index is 576. The van der Waals surface area contributed by atoms with Gasteiger partial charge in [-0.25, -0.2) is 4.79 Å². The summed E-state index contributed by atoms with van der Waals surface area (Å²) in [5.74, 6) is -1.30. The Kier molecular flexibility index (Phi) is 5.62. The molecule has 0 aromatic heterocycles. The van der Waals surface area contributed by atoms with Gasteiger partial charge < -0.3 is 19.8 Å². The molecule has 132 valence electrons. The Labute approximate surface area is 142 Å². The van der Waals surface area contributed by atoms with Crippen LogP contribution in [0.4, 0.5) is 0 Å². The number of carbonyl (C=O) groups excluding carboxylic acids is 1. The quantitative estimate of drug-likeness (QED) is 0.826. The third kappa shape index (κ3) is 4.33. The Hall–Kier alpha value is -1.92. The summed E-state index contributed by atoms with van der Waals surface area (Å²) in [7, 11) is 0. The van der Waals surface area contributed by atoms with Gasteiger partial charge in [0.2, 0.25) is 5.91 Å². The lowest BCUT2D eigenvalue weighted by Crippen LogP contribution is -2.53. The number of carbonyl (C=O) groups is 2. The number of amides is 1. The van der Waals surface area contributed by atoms with Crippen LogP contribution in [0.5, 0.6) is 0 Å². The number of nitrogens with zero attached hydrogens (tertiary/aromatic N) is 1. The summed E-state index contributed by atoms with van der Waals surface area (Å²) in [5, 5.41) is 19.0. The minimum atomic E-state index is -1.72. The van der Waals surface area contributed by atoms with E-state index in [9.17, 15) is 14.7 Å². The van der Waals surface area contributed by atoms with Crippen molar-refractivity contribution < 1.29 is 24.5 Å². The number of aliphatic hydroxyl groups is 1. The van der Waals surface area contributed by atoms with E-state index in [1.54, 1.807) is 4.90 Å². The maximum absolute atomic E-state index is 12.7. The van der Waals surface area contributed by atoms with E-state index in [0.29, 0.717) is 6.61 Å². The van der Waals surface area contributed by atoms with Gasteiger partial charge in [0.1, 0.15) is 0 Å². The Morgan fingerprint density at radius 3 is 2.33 bits per heavy atom. The van der Waals surface area contributed by atoms with Crippen molar-refractivity contribution in [2.24, 2.45) is 5.41 Å². The molecule has 2 N–H and O–H groups in total. The SMILES string of the molecule is CC(C)(COCc1ccccc1)C(=O)N1CCC(O)(C(=O)O)CC1. The zero-order chi connectivity index (χ0) is 17.8. The number of hydrogen-bond acceptors (Lipinski definition) is 4. The highest BCUT2D eigenvalue weighted by Crippen LogP contribution is 2.27. The van der Waals surface area contributed by atoms with Crippen LogP contribution in [-0.4, -0.2) is 52.3 Å². The Morgan fingerprint density at radius 2 is 1.79 bits per heavy atom. The second-order valence-corrected chi connectivity index (χ2v) is 6.99. The van der Waals surface area contributed by atoms with Gasteiger partial charge >= 0.3 is 5.97 Å². The van der Waals surface area contributed by atoms with E-state index in [-0.39, 0.29) is 38.4 Å².